The lowest BCUT2D eigenvalue weighted by atomic mass is 10.1. The second kappa shape index (κ2) is 11.9. The Kier molecular flexibility index (Phi) is 8.52. The Hall–Kier alpha value is -4.27. The molecule has 0 saturated carbocycles. The van der Waals surface area contributed by atoms with Crippen LogP contribution in [0.5, 0.6) is 5.75 Å². The van der Waals surface area contributed by atoms with Crippen LogP contribution in [0.3, 0.4) is 0 Å². The molecule has 0 bridgehead atoms. The van der Waals surface area contributed by atoms with Gasteiger partial charge in [-0.05, 0) is 67.5 Å². The number of nitrogens with one attached hydrogen (secondary N) is 1. The zero-order chi connectivity index (χ0) is 28.9. The van der Waals surface area contributed by atoms with E-state index < -0.39 is 28.8 Å². The van der Waals surface area contributed by atoms with Crippen molar-refractivity contribution in [1.29, 1.82) is 0 Å². The standard InChI is InChI=1S/C28H20ClF3N2O5S/c29-21-11-12-23(20(16-21)10-8-18-4-1-2-5-19(9-7-18)27(35)36)34-40(37,38)25-14-13-24(39-17-28(30,31)32)22-6-3-15-33-26(22)25/h3-7,9,11-16,34H,1-2,17H2,(H,35,36)/b9-7-,18-4-,19-5-. The monoisotopic (exact) mass is 588 g/mol. The second-order valence-corrected chi connectivity index (χ2v) is 10.5. The van der Waals surface area contributed by atoms with Crippen LogP contribution < -0.4 is 9.46 Å². The van der Waals surface area contributed by atoms with Gasteiger partial charge in [-0.1, -0.05) is 35.6 Å². The van der Waals surface area contributed by atoms with Crippen molar-refractivity contribution in [3.8, 4) is 17.6 Å². The van der Waals surface area contributed by atoms with Gasteiger partial charge in [-0.2, -0.15) is 13.2 Å². The van der Waals surface area contributed by atoms with Gasteiger partial charge < -0.3 is 9.84 Å². The van der Waals surface area contributed by atoms with Gasteiger partial charge in [0.25, 0.3) is 10.0 Å². The molecule has 3 aromatic rings. The zero-order valence-electron chi connectivity index (χ0n) is 20.5. The number of hydrogen-bond acceptors (Lipinski definition) is 5. The molecular weight excluding hydrogens is 569 g/mol. The minimum atomic E-state index is -4.58. The largest absolute Gasteiger partial charge is 0.483 e. The fourth-order valence-electron chi connectivity index (χ4n) is 3.72. The van der Waals surface area contributed by atoms with Gasteiger partial charge in [0, 0.05) is 22.2 Å². The van der Waals surface area contributed by atoms with Gasteiger partial charge >= 0.3 is 12.1 Å². The van der Waals surface area contributed by atoms with Gasteiger partial charge in [0.05, 0.1) is 22.3 Å². The molecule has 206 valence electrons. The number of alkyl halides is 3. The molecule has 1 heterocycles. The smallest absolute Gasteiger partial charge is 0.422 e. The van der Waals surface area contributed by atoms with E-state index in [4.69, 9.17) is 16.3 Å². The Bertz CT molecular complexity index is 1740. The number of allylic oxidation sites excluding steroid dienone is 4. The first-order valence-electron chi connectivity index (χ1n) is 11.7. The van der Waals surface area contributed by atoms with Crippen LogP contribution in [0.2, 0.25) is 5.02 Å². The molecule has 0 spiro atoms. The molecule has 0 aliphatic heterocycles. The Morgan fingerprint density at radius 2 is 1.88 bits per heavy atom. The first-order valence-corrected chi connectivity index (χ1v) is 13.5. The highest BCUT2D eigenvalue weighted by Gasteiger charge is 2.29. The van der Waals surface area contributed by atoms with E-state index in [1.165, 1.54) is 42.6 Å². The number of aliphatic carboxylic acids is 1. The van der Waals surface area contributed by atoms with Crippen LogP contribution in [-0.2, 0) is 14.8 Å². The maximum Gasteiger partial charge on any atom is 0.422 e. The summed E-state index contributed by atoms with van der Waals surface area (Å²) in [6.07, 6.45) is 4.23. The molecule has 4 rings (SSSR count). The van der Waals surface area contributed by atoms with E-state index in [1.807, 2.05) is 6.08 Å². The van der Waals surface area contributed by atoms with E-state index in [0.717, 1.165) is 12.1 Å². The number of benzene rings is 2. The Labute approximate surface area is 232 Å². The topological polar surface area (TPSA) is 106 Å². The number of hydrogen-bond donors (Lipinski definition) is 2. The van der Waals surface area contributed by atoms with Crippen molar-refractivity contribution >= 4 is 44.2 Å². The molecule has 0 radical (unpaired) electrons. The molecular formula is C28H20ClF3N2O5S. The Balaban J connectivity index is 1.68. The van der Waals surface area contributed by atoms with Crippen LogP contribution in [0.15, 0.2) is 89.0 Å². The third kappa shape index (κ3) is 7.22. The number of halogens is 4. The van der Waals surface area contributed by atoms with Crippen molar-refractivity contribution in [1.82, 2.24) is 4.98 Å². The van der Waals surface area contributed by atoms with Crippen LogP contribution in [0.25, 0.3) is 10.9 Å². The number of sulfonamides is 1. The molecule has 40 heavy (non-hydrogen) atoms. The number of nitrogens with zero attached hydrogens (tertiary/aromatic N) is 1. The van der Waals surface area contributed by atoms with Crippen LogP contribution in [0, 0.1) is 11.8 Å². The average Bonchev–Trinajstić information content (AvgIpc) is 2.87. The van der Waals surface area contributed by atoms with E-state index in [1.54, 1.807) is 12.2 Å². The predicted octanol–water partition coefficient (Wildman–Crippen LogP) is 6.27. The van der Waals surface area contributed by atoms with Crippen molar-refractivity contribution in [2.24, 2.45) is 0 Å². The van der Waals surface area contributed by atoms with Crippen molar-refractivity contribution in [3.05, 3.63) is 94.7 Å². The number of aromatic nitrogens is 1. The molecule has 1 aliphatic carbocycles. The van der Waals surface area contributed by atoms with Gasteiger partial charge in [0.1, 0.15) is 10.6 Å². The van der Waals surface area contributed by atoms with Gasteiger partial charge in [-0.3, -0.25) is 9.71 Å². The predicted molar refractivity (Wildman–Crippen MR) is 145 cm³/mol. The first-order chi connectivity index (χ1) is 18.9. The fourth-order valence-corrected chi connectivity index (χ4v) is 5.13. The first kappa shape index (κ1) is 28.7. The van der Waals surface area contributed by atoms with E-state index in [2.05, 4.69) is 21.5 Å². The van der Waals surface area contributed by atoms with Crippen molar-refractivity contribution < 1.29 is 36.2 Å². The lowest BCUT2D eigenvalue weighted by Gasteiger charge is -2.15. The highest BCUT2D eigenvalue weighted by molar-refractivity contribution is 7.93. The molecule has 1 aromatic heterocycles. The Morgan fingerprint density at radius 3 is 2.62 bits per heavy atom. The van der Waals surface area contributed by atoms with Gasteiger partial charge in [0.15, 0.2) is 6.61 Å². The van der Waals surface area contributed by atoms with Crippen LogP contribution >= 0.6 is 11.6 Å². The van der Waals surface area contributed by atoms with Crippen LogP contribution in [0.1, 0.15) is 18.4 Å². The van der Waals surface area contributed by atoms with Crippen molar-refractivity contribution in [2.45, 2.75) is 23.9 Å². The Morgan fingerprint density at radius 1 is 1.10 bits per heavy atom. The molecule has 7 nitrogen and oxygen atoms in total. The third-order valence-corrected chi connectivity index (χ3v) is 7.16. The van der Waals surface area contributed by atoms with E-state index in [-0.39, 0.29) is 38.4 Å². The van der Waals surface area contributed by atoms with E-state index in [0.29, 0.717) is 23.4 Å². The summed E-state index contributed by atoms with van der Waals surface area (Å²) in [7, 11) is -4.31. The molecule has 0 atom stereocenters. The fraction of sp³-hybridized carbons (Fsp3) is 0.143. The van der Waals surface area contributed by atoms with Gasteiger partial charge in [0.2, 0.25) is 0 Å². The molecule has 12 heteroatoms. The molecule has 0 fully saturated rings. The summed E-state index contributed by atoms with van der Waals surface area (Å²) in [6, 6.07) is 9.47. The quantitative estimate of drug-likeness (QED) is 0.329. The molecule has 0 saturated heterocycles. The molecule has 0 unspecified atom stereocenters. The number of carboxylic acid groups (broad SMARTS) is 1. The van der Waals surface area contributed by atoms with E-state index in [9.17, 15) is 31.5 Å². The summed E-state index contributed by atoms with van der Waals surface area (Å²) >= 11 is 6.14. The third-order valence-electron chi connectivity index (χ3n) is 5.53. The molecule has 1 aliphatic rings. The van der Waals surface area contributed by atoms with Gasteiger partial charge in [-0.15, -0.1) is 0 Å². The van der Waals surface area contributed by atoms with Crippen LogP contribution in [0.4, 0.5) is 18.9 Å². The molecule has 0 amide bonds. The van der Waals surface area contributed by atoms with Gasteiger partial charge in [-0.25, -0.2) is 13.2 Å². The average molecular weight is 589 g/mol. The lowest BCUT2D eigenvalue weighted by molar-refractivity contribution is -0.153. The number of carbonyl (C=O) groups is 1. The molecule has 2 aromatic carbocycles. The normalized spacial score (nSPS) is 17.2. The summed E-state index contributed by atoms with van der Waals surface area (Å²) in [5, 5.41) is 9.63. The second-order valence-electron chi connectivity index (χ2n) is 8.45. The summed E-state index contributed by atoms with van der Waals surface area (Å²) in [5.74, 6) is 4.56. The number of ether oxygens (including phenoxy) is 1. The SMILES string of the molecule is O=C(O)C1=C\CC/C=C(C#Cc2cc(Cl)ccc2NS(=O)(=O)c2ccc(OCC(F)(F)F)c3cccnc23)/C=C\1. The molecule has 2 N–H and O–H groups in total. The number of rotatable bonds is 6. The van der Waals surface area contributed by atoms with Crippen molar-refractivity contribution in [3.63, 3.8) is 0 Å². The highest BCUT2D eigenvalue weighted by atomic mass is 35.5. The number of fused-ring (bicyclic) bond motifs is 1. The maximum atomic E-state index is 13.4. The van der Waals surface area contributed by atoms with Crippen molar-refractivity contribution in [2.75, 3.05) is 11.3 Å². The summed E-state index contributed by atoms with van der Waals surface area (Å²) < 4.78 is 72.3. The summed E-state index contributed by atoms with van der Waals surface area (Å²) in [4.78, 5) is 15.1. The highest BCUT2D eigenvalue weighted by Crippen LogP contribution is 2.32. The maximum absolute atomic E-state index is 13.4. The number of carboxylic acids is 1. The lowest BCUT2D eigenvalue weighted by Crippen LogP contribution is -2.19. The summed E-state index contributed by atoms with van der Waals surface area (Å²) in [5.41, 5.74) is 0.927. The minimum Gasteiger partial charge on any atom is -0.483 e. The van der Waals surface area contributed by atoms with Crippen LogP contribution in [-0.4, -0.2) is 37.3 Å². The number of pyridine rings is 1. The zero-order valence-corrected chi connectivity index (χ0v) is 22.1. The summed E-state index contributed by atoms with van der Waals surface area (Å²) in [6.45, 7) is -1.55. The number of anilines is 1. The minimum absolute atomic E-state index is 0.0802. The van der Waals surface area contributed by atoms with E-state index >= 15 is 0 Å².